The van der Waals surface area contributed by atoms with Crippen LogP contribution in [0.4, 0.5) is 0 Å². The smallest absolute Gasteiger partial charge is 0.220 e. The normalized spacial score (nSPS) is 23.7. The molecule has 14 heteroatoms. The van der Waals surface area contributed by atoms with Gasteiger partial charge in [-0.2, -0.15) is 0 Å². The van der Waals surface area contributed by atoms with E-state index in [2.05, 4.69) is 43.5 Å². The summed E-state index contributed by atoms with van der Waals surface area (Å²) in [6.45, 7) is 2.83. The Kier molecular flexibility index (Phi) is 52.4. The molecule has 2 rings (SSSR count). The number of amides is 1. The van der Waals surface area contributed by atoms with Gasteiger partial charge < -0.3 is 65.1 Å². The number of allylic oxidation sites excluding steroid dienone is 5. The van der Waals surface area contributed by atoms with Gasteiger partial charge in [-0.1, -0.05) is 288 Å². The van der Waals surface area contributed by atoms with Crippen molar-refractivity contribution in [3.05, 3.63) is 36.5 Å². The van der Waals surface area contributed by atoms with Gasteiger partial charge in [0.2, 0.25) is 5.91 Å². The van der Waals surface area contributed by atoms with Gasteiger partial charge in [-0.15, -0.1) is 0 Å². The Bertz CT molecular complexity index is 1560. The Morgan fingerprint density at radius 1 is 0.412 bits per heavy atom. The summed E-state index contributed by atoms with van der Waals surface area (Å²) in [5.74, 6) is -0.244. The number of ether oxygens (including phenoxy) is 4. The summed E-state index contributed by atoms with van der Waals surface area (Å²) in [6.07, 6.45) is 54.9. The Morgan fingerprint density at radius 2 is 0.753 bits per heavy atom. The molecule has 0 saturated carbocycles. The van der Waals surface area contributed by atoms with E-state index in [1.165, 1.54) is 250 Å². The van der Waals surface area contributed by atoms with Crippen LogP contribution in [0.1, 0.15) is 316 Å². The number of aliphatic hydroxyl groups is 8. The first-order valence-electron chi connectivity index (χ1n) is 35.7. The number of unbranched alkanes of at least 4 members (excludes halogenated alkanes) is 42. The van der Waals surface area contributed by atoms with E-state index in [4.69, 9.17) is 18.9 Å². The van der Waals surface area contributed by atoms with E-state index in [1.807, 2.05) is 6.08 Å². The summed E-state index contributed by atoms with van der Waals surface area (Å²) in [7, 11) is 0. The van der Waals surface area contributed by atoms with Crippen LogP contribution >= 0.6 is 0 Å². The number of rotatable bonds is 59. The molecule has 0 aromatic rings. The van der Waals surface area contributed by atoms with Crippen molar-refractivity contribution < 1.29 is 64.6 Å². The summed E-state index contributed by atoms with van der Waals surface area (Å²) in [6, 6.07) is -0.931. The number of aliphatic hydroxyl groups excluding tert-OH is 8. The molecule has 2 saturated heterocycles. The Morgan fingerprint density at radius 3 is 1.15 bits per heavy atom. The molecule has 0 aromatic carbocycles. The van der Waals surface area contributed by atoms with Crippen LogP contribution in [0.25, 0.3) is 0 Å². The highest BCUT2D eigenvalue weighted by Crippen LogP contribution is 2.30. The van der Waals surface area contributed by atoms with Gasteiger partial charge in [-0.05, 0) is 57.8 Å². The number of hydrogen-bond donors (Lipinski definition) is 9. The Balaban J connectivity index is 1.69. The Hall–Kier alpha value is -1.79. The fourth-order valence-electron chi connectivity index (χ4n) is 11.8. The molecule has 2 aliphatic rings. The Labute approximate surface area is 519 Å². The van der Waals surface area contributed by atoms with Crippen molar-refractivity contribution >= 4 is 5.91 Å². The summed E-state index contributed by atoms with van der Waals surface area (Å²) in [4.78, 5) is 13.3. The zero-order chi connectivity index (χ0) is 61.6. The third kappa shape index (κ3) is 40.5. The SMILES string of the molecule is CCCCCCCCCC/C=C\CCCCCCCCCCCCCCCCCC(=O)NC(COC1OC(CO)C(OC2OC(CO)C(O)C(O)C2O)C(O)C1O)C(O)/C=C/CC/C=C/CCCCCCCCCCCCCCCCCCCC. The van der Waals surface area contributed by atoms with E-state index >= 15 is 0 Å². The third-order valence-electron chi connectivity index (χ3n) is 17.5. The molecular weight excluding hydrogens is 1070 g/mol. The fraction of sp³-hybridized carbons (Fsp3) is 0.901. The molecule has 12 atom stereocenters. The highest BCUT2D eigenvalue weighted by Gasteiger charge is 2.51. The van der Waals surface area contributed by atoms with E-state index < -0.39 is 86.8 Å². The minimum Gasteiger partial charge on any atom is -0.394 e. The molecular formula is C71H133NO13. The molecule has 2 fully saturated rings. The first-order valence-corrected chi connectivity index (χ1v) is 35.7. The van der Waals surface area contributed by atoms with E-state index in [-0.39, 0.29) is 18.9 Å². The lowest BCUT2D eigenvalue weighted by Crippen LogP contribution is -2.65. The highest BCUT2D eigenvalue weighted by molar-refractivity contribution is 5.76. The van der Waals surface area contributed by atoms with Gasteiger partial charge in [0.1, 0.15) is 48.8 Å². The molecule has 12 unspecified atom stereocenters. The van der Waals surface area contributed by atoms with E-state index in [0.29, 0.717) is 12.8 Å². The van der Waals surface area contributed by atoms with Crippen LogP contribution in [0.3, 0.4) is 0 Å². The van der Waals surface area contributed by atoms with Gasteiger partial charge >= 0.3 is 0 Å². The summed E-state index contributed by atoms with van der Waals surface area (Å²) >= 11 is 0. The van der Waals surface area contributed by atoms with Crippen molar-refractivity contribution in [3.8, 4) is 0 Å². The van der Waals surface area contributed by atoms with Crippen LogP contribution < -0.4 is 5.32 Å². The highest BCUT2D eigenvalue weighted by atomic mass is 16.7. The maximum Gasteiger partial charge on any atom is 0.220 e. The van der Waals surface area contributed by atoms with E-state index in [0.717, 1.165) is 32.1 Å². The van der Waals surface area contributed by atoms with Gasteiger partial charge in [-0.25, -0.2) is 0 Å². The minimum atomic E-state index is -1.79. The number of carbonyl (C=O) groups is 1. The zero-order valence-corrected chi connectivity index (χ0v) is 54.4. The van der Waals surface area contributed by atoms with E-state index in [9.17, 15) is 45.6 Å². The van der Waals surface area contributed by atoms with Crippen molar-refractivity contribution in [1.82, 2.24) is 5.32 Å². The average molecular weight is 1210 g/mol. The molecule has 0 bridgehead atoms. The van der Waals surface area contributed by atoms with Gasteiger partial charge in [-0.3, -0.25) is 4.79 Å². The maximum absolute atomic E-state index is 13.3. The average Bonchev–Trinajstić information content (AvgIpc) is 3.68. The first kappa shape index (κ1) is 79.3. The molecule has 500 valence electrons. The molecule has 0 aromatic heterocycles. The van der Waals surface area contributed by atoms with Crippen LogP contribution in [-0.4, -0.2) is 140 Å². The van der Waals surface area contributed by atoms with Gasteiger partial charge in [0.05, 0.1) is 32.0 Å². The number of carbonyl (C=O) groups excluding carboxylic acids is 1. The van der Waals surface area contributed by atoms with Crippen LogP contribution in [0.2, 0.25) is 0 Å². The predicted octanol–water partition coefficient (Wildman–Crippen LogP) is 14.5. The van der Waals surface area contributed by atoms with Crippen molar-refractivity contribution in [2.75, 3.05) is 19.8 Å². The largest absolute Gasteiger partial charge is 0.394 e. The quantitative estimate of drug-likeness (QED) is 0.0204. The molecule has 14 nitrogen and oxygen atoms in total. The molecule has 2 aliphatic heterocycles. The zero-order valence-electron chi connectivity index (χ0n) is 54.4. The van der Waals surface area contributed by atoms with Crippen molar-refractivity contribution in [3.63, 3.8) is 0 Å². The second-order valence-electron chi connectivity index (χ2n) is 25.4. The summed E-state index contributed by atoms with van der Waals surface area (Å²) in [5.41, 5.74) is 0. The van der Waals surface area contributed by atoms with Crippen LogP contribution in [0, 0.1) is 0 Å². The lowest BCUT2D eigenvalue weighted by atomic mass is 9.97. The van der Waals surface area contributed by atoms with E-state index in [1.54, 1.807) is 6.08 Å². The number of hydrogen-bond acceptors (Lipinski definition) is 13. The molecule has 0 spiro atoms. The van der Waals surface area contributed by atoms with Crippen molar-refractivity contribution in [2.24, 2.45) is 0 Å². The van der Waals surface area contributed by atoms with Gasteiger partial charge in [0.15, 0.2) is 12.6 Å². The third-order valence-corrected chi connectivity index (χ3v) is 17.5. The molecule has 0 aliphatic carbocycles. The van der Waals surface area contributed by atoms with Crippen LogP contribution in [-0.2, 0) is 23.7 Å². The lowest BCUT2D eigenvalue weighted by Gasteiger charge is -2.46. The van der Waals surface area contributed by atoms with Crippen LogP contribution in [0.15, 0.2) is 36.5 Å². The molecule has 1 amide bonds. The molecule has 2 heterocycles. The predicted molar refractivity (Wildman–Crippen MR) is 346 cm³/mol. The molecule has 85 heavy (non-hydrogen) atoms. The number of nitrogens with one attached hydrogen (secondary N) is 1. The summed E-state index contributed by atoms with van der Waals surface area (Å²) in [5, 5.41) is 87.4. The van der Waals surface area contributed by atoms with Gasteiger partial charge in [0.25, 0.3) is 0 Å². The minimum absolute atomic E-state index is 0.244. The van der Waals surface area contributed by atoms with Gasteiger partial charge in [0, 0.05) is 6.42 Å². The fourth-order valence-corrected chi connectivity index (χ4v) is 11.8. The van der Waals surface area contributed by atoms with Crippen LogP contribution in [0.5, 0.6) is 0 Å². The monoisotopic (exact) mass is 1210 g/mol. The maximum atomic E-state index is 13.3. The summed E-state index contributed by atoms with van der Waals surface area (Å²) < 4.78 is 22.9. The lowest BCUT2D eigenvalue weighted by molar-refractivity contribution is -0.359. The van der Waals surface area contributed by atoms with Crippen molar-refractivity contribution in [1.29, 1.82) is 0 Å². The van der Waals surface area contributed by atoms with Crippen molar-refractivity contribution in [2.45, 2.75) is 389 Å². The second kappa shape index (κ2) is 56.2. The molecule has 9 N–H and O–H groups in total. The first-order chi connectivity index (χ1) is 41.6. The molecule has 0 radical (unpaired) electrons. The topological polar surface area (TPSA) is 228 Å². The second-order valence-corrected chi connectivity index (χ2v) is 25.4. The standard InChI is InChI=1S/C71H133NO13/c1-3-5-7-9-11-13-15-17-19-21-23-25-27-29-30-31-33-35-37-39-41-43-45-47-49-51-53-55-63(76)72-59(58-82-70-68(81)66(79)69(62(57-74)84-70)85-71-67(80)65(78)64(77)61(56-73)83-71)60(75)54-52-50-48-46-44-42-40-38-36-34-32-28-26-24-22-20-18-16-14-12-10-8-6-4-2/h21,23,44,46,52,54,59-62,64-71,73-75,77-81H,3-20,22,24-43,45,47-51,53,55-58H2,1-2H3,(H,72,76)/b23-21-,46-44+,54-52+.